The molecule has 0 amide bonds. The molecule has 136 valence electrons. The maximum absolute atomic E-state index is 13.0. The monoisotopic (exact) mass is 361 g/mol. The molecular weight excluding hydrogens is 334 g/mol. The van der Waals surface area contributed by atoms with Gasteiger partial charge in [0.25, 0.3) is 0 Å². The van der Waals surface area contributed by atoms with Crippen molar-refractivity contribution in [2.24, 2.45) is 0 Å². The molecule has 0 atom stereocenters. The molecule has 6 heteroatoms. The van der Waals surface area contributed by atoms with Gasteiger partial charge in [0.1, 0.15) is 4.90 Å². The zero-order valence-electron chi connectivity index (χ0n) is 15.2. The largest absolute Gasteiger partial charge is 0.244 e. The summed E-state index contributed by atoms with van der Waals surface area (Å²) in [6.07, 6.45) is 6.83. The van der Waals surface area contributed by atoms with E-state index in [1.807, 2.05) is 51.1 Å². The predicted molar refractivity (Wildman–Crippen MR) is 99.5 cm³/mol. The molecule has 1 heterocycles. The highest BCUT2D eigenvalue weighted by molar-refractivity contribution is 7.89. The van der Waals surface area contributed by atoms with Gasteiger partial charge in [-0.3, -0.25) is 0 Å². The van der Waals surface area contributed by atoms with Crippen LogP contribution in [0.15, 0.2) is 41.4 Å². The average molecular weight is 362 g/mol. The fraction of sp³-hybridized carbons (Fsp3) is 0.526. The molecule has 0 radical (unpaired) electrons. The van der Waals surface area contributed by atoms with Gasteiger partial charge >= 0.3 is 0 Å². The highest BCUT2D eigenvalue weighted by atomic mass is 32.2. The van der Waals surface area contributed by atoms with Gasteiger partial charge in [-0.15, -0.1) is 0 Å². The Morgan fingerprint density at radius 3 is 2.32 bits per heavy atom. The third-order valence-corrected chi connectivity index (χ3v) is 6.15. The minimum Gasteiger partial charge on any atom is -0.239 e. The average Bonchev–Trinajstić information content (AvgIpc) is 3.03. The third-order valence-electron chi connectivity index (χ3n) is 4.63. The molecule has 0 bridgehead atoms. The highest BCUT2D eigenvalue weighted by Crippen LogP contribution is 2.29. The van der Waals surface area contributed by atoms with Crippen molar-refractivity contribution in [1.82, 2.24) is 14.5 Å². The number of hydrogen-bond acceptors (Lipinski definition) is 3. The van der Waals surface area contributed by atoms with Crippen molar-refractivity contribution in [3.63, 3.8) is 0 Å². The Labute approximate surface area is 150 Å². The number of sulfonamides is 1. The second kappa shape index (κ2) is 6.92. The van der Waals surface area contributed by atoms with Crippen LogP contribution in [0.4, 0.5) is 0 Å². The number of nitrogens with one attached hydrogen (secondary N) is 1. The maximum Gasteiger partial charge on any atom is 0.244 e. The van der Waals surface area contributed by atoms with Gasteiger partial charge in [0.05, 0.1) is 17.6 Å². The van der Waals surface area contributed by atoms with E-state index in [4.69, 9.17) is 0 Å². The van der Waals surface area contributed by atoms with Gasteiger partial charge in [0.15, 0.2) is 0 Å². The zero-order chi connectivity index (χ0) is 18.1. The van der Waals surface area contributed by atoms with Gasteiger partial charge < -0.3 is 0 Å². The van der Waals surface area contributed by atoms with Gasteiger partial charge in [-0.1, -0.05) is 58.2 Å². The van der Waals surface area contributed by atoms with Crippen LogP contribution >= 0.6 is 0 Å². The summed E-state index contributed by atoms with van der Waals surface area (Å²) in [5.41, 5.74) is 1.09. The van der Waals surface area contributed by atoms with E-state index >= 15 is 0 Å². The second-order valence-electron chi connectivity index (χ2n) is 7.83. The Morgan fingerprint density at radius 1 is 1.08 bits per heavy atom. The summed E-state index contributed by atoms with van der Waals surface area (Å²) >= 11 is 0. The molecule has 1 aliphatic rings. The van der Waals surface area contributed by atoms with Crippen LogP contribution < -0.4 is 4.72 Å². The molecule has 3 rings (SSSR count). The number of aromatic nitrogens is 2. The van der Waals surface area contributed by atoms with Crippen molar-refractivity contribution in [3.05, 3.63) is 42.2 Å². The van der Waals surface area contributed by atoms with Crippen LogP contribution in [-0.2, 0) is 15.4 Å². The lowest BCUT2D eigenvalue weighted by atomic mass is 9.92. The molecule has 1 aromatic heterocycles. The summed E-state index contributed by atoms with van der Waals surface area (Å²) in [4.78, 5) is 0.287. The van der Waals surface area contributed by atoms with E-state index in [2.05, 4.69) is 9.82 Å². The van der Waals surface area contributed by atoms with Crippen molar-refractivity contribution in [2.75, 3.05) is 0 Å². The molecule has 0 unspecified atom stereocenters. The number of hydrogen-bond donors (Lipinski definition) is 1. The van der Waals surface area contributed by atoms with E-state index in [-0.39, 0.29) is 16.4 Å². The van der Waals surface area contributed by atoms with E-state index < -0.39 is 10.0 Å². The molecule has 1 saturated carbocycles. The SMILES string of the molecule is CC(C)(C)c1nn(-c2ccccc2)cc1S(=O)(=O)NC1CCCCC1. The lowest BCUT2D eigenvalue weighted by molar-refractivity contribution is 0.411. The highest BCUT2D eigenvalue weighted by Gasteiger charge is 2.31. The Balaban J connectivity index is 2.00. The molecule has 0 saturated heterocycles. The first-order chi connectivity index (χ1) is 11.8. The Morgan fingerprint density at radius 2 is 1.72 bits per heavy atom. The van der Waals surface area contributed by atoms with Crippen LogP contribution in [0.2, 0.25) is 0 Å². The Bertz CT molecular complexity index is 814. The molecule has 1 aliphatic carbocycles. The molecule has 2 aromatic rings. The summed E-state index contributed by atoms with van der Waals surface area (Å²) in [7, 11) is -3.59. The van der Waals surface area contributed by atoms with Gasteiger partial charge in [0.2, 0.25) is 10.0 Å². The first-order valence-corrected chi connectivity index (χ1v) is 10.4. The number of para-hydroxylation sites is 1. The molecule has 1 aromatic carbocycles. The molecule has 0 aliphatic heterocycles. The van der Waals surface area contributed by atoms with Crippen LogP contribution in [0, 0.1) is 0 Å². The van der Waals surface area contributed by atoms with Crippen molar-refractivity contribution in [3.8, 4) is 5.69 Å². The summed E-state index contributed by atoms with van der Waals surface area (Å²) in [5, 5.41) is 4.61. The zero-order valence-corrected chi connectivity index (χ0v) is 16.0. The fourth-order valence-electron chi connectivity index (χ4n) is 3.29. The second-order valence-corrected chi connectivity index (χ2v) is 9.51. The summed E-state index contributed by atoms with van der Waals surface area (Å²) in [6, 6.07) is 9.64. The molecular formula is C19H27N3O2S. The van der Waals surface area contributed by atoms with E-state index in [0.717, 1.165) is 31.4 Å². The lowest BCUT2D eigenvalue weighted by Crippen LogP contribution is -2.37. The van der Waals surface area contributed by atoms with Crippen molar-refractivity contribution in [2.45, 2.75) is 69.2 Å². The van der Waals surface area contributed by atoms with Crippen LogP contribution in [0.5, 0.6) is 0 Å². The van der Waals surface area contributed by atoms with E-state index in [9.17, 15) is 8.42 Å². The minimum atomic E-state index is -3.59. The van der Waals surface area contributed by atoms with Gasteiger partial charge in [0, 0.05) is 11.5 Å². The first-order valence-electron chi connectivity index (χ1n) is 8.95. The summed E-state index contributed by atoms with van der Waals surface area (Å²) in [6.45, 7) is 5.97. The van der Waals surface area contributed by atoms with Crippen molar-refractivity contribution >= 4 is 10.0 Å². The number of benzene rings is 1. The van der Waals surface area contributed by atoms with E-state index in [1.165, 1.54) is 6.42 Å². The molecule has 0 spiro atoms. The molecule has 5 nitrogen and oxygen atoms in total. The standard InChI is InChI=1S/C19H27N3O2S/c1-19(2,3)18-17(14-22(20-18)16-12-8-5-9-13-16)25(23,24)21-15-10-6-4-7-11-15/h5,8-9,12-15,21H,4,6-7,10-11H2,1-3H3. The van der Waals surface area contributed by atoms with E-state index in [0.29, 0.717) is 5.69 Å². The van der Waals surface area contributed by atoms with Gasteiger partial charge in [-0.05, 0) is 25.0 Å². The smallest absolute Gasteiger partial charge is 0.239 e. The number of nitrogens with zero attached hydrogens (tertiary/aromatic N) is 2. The topological polar surface area (TPSA) is 64.0 Å². The van der Waals surface area contributed by atoms with Gasteiger partial charge in [-0.2, -0.15) is 5.10 Å². The quantitative estimate of drug-likeness (QED) is 0.901. The Hall–Kier alpha value is -1.66. The summed E-state index contributed by atoms with van der Waals surface area (Å²) in [5.74, 6) is 0. The van der Waals surface area contributed by atoms with Crippen molar-refractivity contribution < 1.29 is 8.42 Å². The summed E-state index contributed by atoms with van der Waals surface area (Å²) < 4.78 is 30.7. The lowest BCUT2D eigenvalue weighted by Gasteiger charge is -2.23. The number of rotatable bonds is 4. The van der Waals surface area contributed by atoms with Crippen molar-refractivity contribution in [1.29, 1.82) is 0 Å². The maximum atomic E-state index is 13.0. The predicted octanol–water partition coefficient (Wildman–Crippen LogP) is 3.78. The van der Waals surface area contributed by atoms with Crippen LogP contribution in [0.1, 0.15) is 58.6 Å². The van der Waals surface area contributed by atoms with E-state index in [1.54, 1.807) is 10.9 Å². The minimum absolute atomic E-state index is 0.0339. The molecule has 1 N–H and O–H groups in total. The normalized spacial score (nSPS) is 16.9. The third kappa shape index (κ3) is 4.12. The molecule has 1 fully saturated rings. The van der Waals surface area contributed by atoms with Crippen LogP contribution in [0.25, 0.3) is 5.69 Å². The molecule has 25 heavy (non-hydrogen) atoms. The van der Waals surface area contributed by atoms with Crippen LogP contribution in [-0.4, -0.2) is 24.2 Å². The first kappa shape index (κ1) is 18.1. The van der Waals surface area contributed by atoms with Crippen LogP contribution in [0.3, 0.4) is 0 Å². The Kier molecular flexibility index (Phi) is 5.02. The van der Waals surface area contributed by atoms with Gasteiger partial charge in [-0.25, -0.2) is 17.8 Å². The fourth-order valence-corrected chi connectivity index (χ4v) is 4.93.